The largest absolute Gasteiger partial charge is 0.327 e. The van der Waals surface area contributed by atoms with Gasteiger partial charge < -0.3 is 5.73 Å². The average molecular weight is 248 g/mol. The number of nitrogens with two attached hydrogens (primary N) is 1. The van der Waals surface area contributed by atoms with Gasteiger partial charge in [-0.1, -0.05) is 6.92 Å². The monoisotopic (exact) mass is 248 g/mol. The van der Waals surface area contributed by atoms with Gasteiger partial charge >= 0.3 is 0 Å². The molecular weight excluding hydrogens is 224 g/mol. The van der Waals surface area contributed by atoms with E-state index in [1.54, 1.807) is 0 Å². The maximum Gasteiger partial charge on any atom is 0.148 e. The maximum atomic E-state index is 11.3. The van der Waals surface area contributed by atoms with Gasteiger partial charge in [0.25, 0.3) is 0 Å². The van der Waals surface area contributed by atoms with Gasteiger partial charge in [-0.2, -0.15) is 0 Å². The number of sulfone groups is 1. The van der Waals surface area contributed by atoms with E-state index in [4.69, 9.17) is 5.73 Å². The Morgan fingerprint density at radius 2 is 2.00 bits per heavy atom. The van der Waals surface area contributed by atoms with Gasteiger partial charge in [0.15, 0.2) is 0 Å². The Hall–Kier alpha value is -0.130. The zero-order valence-electron chi connectivity index (χ0n) is 10.7. The first-order valence-corrected chi connectivity index (χ1v) is 7.97. The third kappa shape index (κ3) is 3.43. The lowest BCUT2D eigenvalue weighted by atomic mass is 9.87. The molecule has 1 aliphatic rings. The lowest BCUT2D eigenvalue weighted by Crippen LogP contribution is -2.55. The normalized spacial score (nSPS) is 34.9. The molecule has 0 bridgehead atoms. The Morgan fingerprint density at radius 1 is 1.44 bits per heavy atom. The Balaban J connectivity index is 2.67. The van der Waals surface area contributed by atoms with E-state index < -0.39 is 9.84 Å². The van der Waals surface area contributed by atoms with Gasteiger partial charge in [0.1, 0.15) is 9.84 Å². The first kappa shape index (κ1) is 13.9. The van der Waals surface area contributed by atoms with E-state index in [0.29, 0.717) is 12.0 Å². The summed E-state index contributed by atoms with van der Waals surface area (Å²) in [6.45, 7) is 7.18. The molecule has 0 aromatic rings. The third-order valence-corrected chi connectivity index (χ3v) is 4.88. The minimum Gasteiger partial charge on any atom is -0.327 e. The summed E-state index contributed by atoms with van der Waals surface area (Å²) in [7, 11) is -2.90. The van der Waals surface area contributed by atoms with Gasteiger partial charge in [-0.05, 0) is 26.2 Å². The molecule has 2 N–H and O–H groups in total. The molecule has 0 radical (unpaired) electrons. The fourth-order valence-electron chi connectivity index (χ4n) is 2.58. The van der Waals surface area contributed by atoms with Gasteiger partial charge in [0.05, 0.1) is 5.75 Å². The number of hydrogen-bond acceptors (Lipinski definition) is 4. The quantitative estimate of drug-likeness (QED) is 0.789. The van der Waals surface area contributed by atoms with Crippen LogP contribution in [-0.4, -0.2) is 50.0 Å². The molecule has 0 aromatic heterocycles. The zero-order valence-corrected chi connectivity index (χ0v) is 11.5. The fourth-order valence-corrected chi connectivity index (χ4v) is 3.65. The second-order valence-electron chi connectivity index (χ2n) is 5.23. The standard InChI is InChI=1S/C11H24N2O2S/c1-8(7-16(4,14)15)13-6-5-11(12)9(2)10(13)3/h8-11H,5-7,12H2,1-4H3. The second kappa shape index (κ2) is 5.02. The minimum absolute atomic E-state index is 0.0833. The average Bonchev–Trinajstić information content (AvgIpc) is 2.11. The summed E-state index contributed by atoms with van der Waals surface area (Å²) in [4.78, 5) is 2.27. The summed E-state index contributed by atoms with van der Waals surface area (Å²) in [5.74, 6) is 0.662. The van der Waals surface area contributed by atoms with E-state index in [-0.39, 0.29) is 17.8 Å². The Morgan fingerprint density at radius 3 is 2.50 bits per heavy atom. The van der Waals surface area contributed by atoms with Crippen molar-refractivity contribution >= 4 is 9.84 Å². The van der Waals surface area contributed by atoms with Crippen molar-refractivity contribution in [3.05, 3.63) is 0 Å². The highest BCUT2D eigenvalue weighted by atomic mass is 32.2. The summed E-state index contributed by atoms with van der Waals surface area (Å²) < 4.78 is 22.6. The van der Waals surface area contributed by atoms with Crippen LogP contribution < -0.4 is 5.73 Å². The molecule has 96 valence electrons. The summed E-state index contributed by atoms with van der Waals surface area (Å²) in [5, 5.41) is 0. The number of rotatable bonds is 3. The van der Waals surface area contributed by atoms with E-state index in [1.165, 1.54) is 6.26 Å². The molecule has 0 aromatic carbocycles. The lowest BCUT2D eigenvalue weighted by molar-refractivity contribution is 0.0709. The molecule has 1 aliphatic heterocycles. The van der Waals surface area contributed by atoms with Crippen LogP contribution >= 0.6 is 0 Å². The summed E-state index contributed by atoms with van der Waals surface area (Å²) >= 11 is 0. The number of nitrogens with zero attached hydrogens (tertiary/aromatic N) is 1. The van der Waals surface area contributed by atoms with Crippen molar-refractivity contribution in [3.63, 3.8) is 0 Å². The molecule has 1 saturated heterocycles. The summed E-state index contributed by atoms with van der Waals surface area (Å²) in [6, 6.07) is 0.692. The molecule has 1 heterocycles. The van der Waals surface area contributed by atoms with Crippen molar-refractivity contribution in [3.8, 4) is 0 Å². The Labute approximate surface area is 99.1 Å². The van der Waals surface area contributed by atoms with Crippen molar-refractivity contribution in [1.29, 1.82) is 0 Å². The summed E-state index contributed by atoms with van der Waals surface area (Å²) in [6.07, 6.45) is 2.26. The van der Waals surface area contributed by atoms with Gasteiger partial charge in [0, 0.05) is 30.9 Å². The van der Waals surface area contributed by atoms with Crippen LogP contribution in [0, 0.1) is 5.92 Å². The smallest absolute Gasteiger partial charge is 0.148 e. The highest BCUT2D eigenvalue weighted by Crippen LogP contribution is 2.24. The molecule has 4 unspecified atom stereocenters. The zero-order chi connectivity index (χ0) is 12.5. The van der Waals surface area contributed by atoms with E-state index in [2.05, 4.69) is 18.7 Å². The van der Waals surface area contributed by atoms with E-state index in [1.807, 2.05) is 6.92 Å². The molecular formula is C11H24N2O2S. The molecule has 4 nitrogen and oxygen atoms in total. The van der Waals surface area contributed by atoms with Gasteiger partial charge in [-0.15, -0.1) is 0 Å². The predicted octanol–water partition coefficient (Wildman–Crippen LogP) is 0.477. The van der Waals surface area contributed by atoms with Gasteiger partial charge in [-0.25, -0.2) is 8.42 Å². The minimum atomic E-state index is -2.90. The Bertz CT molecular complexity index is 329. The van der Waals surface area contributed by atoms with Crippen LogP contribution in [0.25, 0.3) is 0 Å². The topological polar surface area (TPSA) is 63.4 Å². The van der Waals surface area contributed by atoms with E-state index in [9.17, 15) is 8.42 Å². The molecule has 4 atom stereocenters. The van der Waals surface area contributed by atoms with Crippen molar-refractivity contribution in [2.45, 2.75) is 45.3 Å². The number of piperidine rings is 1. The molecule has 5 heteroatoms. The van der Waals surface area contributed by atoms with Crippen LogP contribution in [0.4, 0.5) is 0 Å². The molecule has 0 amide bonds. The highest BCUT2D eigenvalue weighted by Gasteiger charge is 2.33. The fraction of sp³-hybridized carbons (Fsp3) is 1.00. The Kier molecular flexibility index (Phi) is 4.37. The predicted molar refractivity (Wildman–Crippen MR) is 67.1 cm³/mol. The highest BCUT2D eigenvalue weighted by molar-refractivity contribution is 7.90. The van der Waals surface area contributed by atoms with Crippen LogP contribution in [-0.2, 0) is 9.84 Å². The van der Waals surface area contributed by atoms with Gasteiger partial charge in [0.2, 0.25) is 0 Å². The second-order valence-corrected chi connectivity index (χ2v) is 7.42. The molecule has 0 aliphatic carbocycles. The number of likely N-dealkylation sites (tertiary alicyclic amines) is 1. The summed E-state index contributed by atoms with van der Waals surface area (Å²) in [5.41, 5.74) is 6.01. The van der Waals surface area contributed by atoms with Crippen LogP contribution in [0.1, 0.15) is 27.2 Å². The van der Waals surface area contributed by atoms with Crippen LogP contribution in [0.5, 0.6) is 0 Å². The molecule has 0 saturated carbocycles. The van der Waals surface area contributed by atoms with Crippen molar-refractivity contribution in [2.24, 2.45) is 11.7 Å². The van der Waals surface area contributed by atoms with E-state index in [0.717, 1.165) is 13.0 Å². The molecule has 16 heavy (non-hydrogen) atoms. The first-order valence-electron chi connectivity index (χ1n) is 5.91. The van der Waals surface area contributed by atoms with Crippen LogP contribution in [0.2, 0.25) is 0 Å². The van der Waals surface area contributed by atoms with Crippen molar-refractivity contribution in [2.75, 3.05) is 18.6 Å². The van der Waals surface area contributed by atoms with Crippen molar-refractivity contribution in [1.82, 2.24) is 4.90 Å². The molecule has 0 spiro atoms. The van der Waals surface area contributed by atoms with Crippen LogP contribution in [0.3, 0.4) is 0 Å². The number of hydrogen-bond donors (Lipinski definition) is 1. The van der Waals surface area contributed by atoms with Crippen LogP contribution in [0.15, 0.2) is 0 Å². The SMILES string of the molecule is CC1C(N)CCN(C(C)CS(C)(=O)=O)C1C. The maximum absolute atomic E-state index is 11.3. The molecule has 1 rings (SSSR count). The molecule has 1 fully saturated rings. The van der Waals surface area contributed by atoms with Gasteiger partial charge in [-0.3, -0.25) is 4.90 Å². The van der Waals surface area contributed by atoms with Crippen molar-refractivity contribution < 1.29 is 8.42 Å². The first-order chi connectivity index (χ1) is 7.22. The lowest BCUT2D eigenvalue weighted by Gasteiger charge is -2.44. The third-order valence-electron chi connectivity index (χ3n) is 3.79. The van der Waals surface area contributed by atoms with E-state index >= 15 is 0 Å².